The first kappa shape index (κ1) is 16.5. The van der Waals surface area contributed by atoms with Crippen molar-refractivity contribution in [2.45, 2.75) is 63.9 Å². The molecule has 0 amide bonds. The van der Waals surface area contributed by atoms with Gasteiger partial charge in [-0.2, -0.15) is 4.98 Å². The van der Waals surface area contributed by atoms with Gasteiger partial charge in [0.1, 0.15) is 18.1 Å². The van der Waals surface area contributed by atoms with Crippen LogP contribution in [-0.2, 0) is 10.2 Å². The van der Waals surface area contributed by atoms with Crippen LogP contribution in [0.2, 0.25) is 0 Å². The van der Waals surface area contributed by atoms with Crippen molar-refractivity contribution < 1.29 is 14.0 Å². The van der Waals surface area contributed by atoms with E-state index >= 15 is 0 Å². The quantitative estimate of drug-likeness (QED) is 0.821. The van der Waals surface area contributed by atoms with Crippen molar-refractivity contribution in [1.29, 1.82) is 0 Å². The van der Waals surface area contributed by atoms with Gasteiger partial charge >= 0.3 is 0 Å². The Balaban J connectivity index is 1.58. The Morgan fingerprint density at radius 2 is 2.08 bits per heavy atom. The zero-order valence-corrected chi connectivity index (χ0v) is 15.1. The van der Waals surface area contributed by atoms with Crippen LogP contribution in [0.4, 0.5) is 0 Å². The summed E-state index contributed by atoms with van der Waals surface area (Å²) in [5.74, 6) is 2.56. The minimum Gasteiger partial charge on any atom is -0.490 e. The first-order valence-corrected chi connectivity index (χ1v) is 9.09. The molecule has 2 aliphatic rings. The Hall–Kier alpha value is -1.95. The third-order valence-corrected chi connectivity index (χ3v) is 4.66. The highest BCUT2D eigenvalue weighted by molar-refractivity contribution is 5.54. The highest BCUT2D eigenvalue weighted by Crippen LogP contribution is 2.44. The van der Waals surface area contributed by atoms with Gasteiger partial charge in [0.05, 0.1) is 6.10 Å². The fourth-order valence-corrected chi connectivity index (χ4v) is 2.99. The summed E-state index contributed by atoms with van der Waals surface area (Å²) in [6, 6.07) is 1.94. The maximum atomic E-state index is 6.11. The van der Waals surface area contributed by atoms with Gasteiger partial charge in [0.2, 0.25) is 11.7 Å². The van der Waals surface area contributed by atoms with Crippen LogP contribution in [0.25, 0.3) is 11.5 Å². The molecule has 6 nitrogen and oxygen atoms in total. The molecule has 0 N–H and O–H groups in total. The van der Waals surface area contributed by atoms with E-state index in [9.17, 15) is 0 Å². The van der Waals surface area contributed by atoms with E-state index in [-0.39, 0.29) is 11.5 Å². The van der Waals surface area contributed by atoms with Gasteiger partial charge in [0, 0.05) is 29.8 Å². The molecule has 1 aliphatic carbocycles. The number of rotatable bonds is 5. The van der Waals surface area contributed by atoms with Crippen molar-refractivity contribution in [3.8, 4) is 17.3 Å². The third kappa shape index (κ3) is 3.68. The Morgan fingerprint density at radius 1 is 1.24 bits per heavy atom. The largest absolute Gasteiger partial charge is 0.490 e. The van der Waals surface area contributed by atoms with E-state index < -0.39 is 0 Å². The lowest BCUT2D eigenvalue weighted by atomic mass is 9.97. The van der Waals surface area contributed by atoms with Gasteiger partial charge in [-0.05, 0) is 31.6 Å². The van der Waals surface area contributed by atoms with Crippen molar-refractivity contribution in [2.24, 2.45) is 0 Å². The second-order valence-electron chi connectivity index (χ2n) is 8.00. The highest BCUT2D eigenvalue weighted by Gasteiger charge is 2.29. The normalized spacial score (nSPS) is 20.8. The van der Waals surface area contributed by atoms with E-state index in [4.69, 9.17) is 14.0 Å². The van der Waals surface area contributed by atoms with Crippen LogP contribution < -0.4 is 4.74 Å². The number of hydrogen-bond donors (Lipinski definition) is 0. The molecule has 0 bridgehead atoms. The molecule has 1 atom stereocenters. The average molecular weight is 343 g/mol. The Morgan fingerprint density at radius 3 is 2.72 bits per heavy atom. The molecule has 0 aromatic carbocycles. The third-order valence-electron chi connectivity index (χ3n) is 4.66. The smallest absolute Gasteiger partial charge is 0.232 e. The zero-order chi connectivity index (χ0) is 17.4. The van der Waals surface area contributed by atoms with Crippen LogP contribution in [0.1, 0.15) is 63.8 Å². The highest BCUT2D eigenvalue weighted by atomic mass is 16.5. The number of pyridine rings is 1. The summed E-state index contributed by atoms with van der Waals surface area (Å²) in [5.41, 5.74) is 1.69. The average Bonchev–Trinajstić information content (AvgIpc) is 3.09. The summed E-state index contributed by atoms with van der Waals surface area (Å²) < 4.78 is 17.2. The van der Waals surface area contributed by atoms with E-state index in [1.54, 1.807) is 0 Å². The first-order chi connectivity index (χ1) is 12.0. The second-order valence-corrected chi connectivity index (χ2v) is 8.00. The van der Waals surface area contributed by atoms with Crippen LogP contribution in [0.5, 0.6) is 5.75 Å². The predicted octanol–water partition coefficient (Wildman–Crippen LogP) is 3.86. The zero-order valence-electron chi connectivity index (χ0n) is 15.1. The standard InChI is InChI=1S/C19H25N3O3/c1-19(2,3)18-21-17(22-25-18)15-9-16(14(10-20-15)12-6-7-12)24-11-13-5-4-8-23-13/h9-10,12-13H,4-8,11H2,1-3H3. The lowest BCUT2D eigenvalue weighted by molar-refractivity contribution is 0.0676. The van der Waals surface area contributed by atoms with Crippen LogP contribution in [-0.4, -0.2) is 34.4 Å². The van der Waals surface area contributed by atoms with Crippen molar-refractivity contribution in [3.63, 3.8) is 0 Å². The molecule has 6 heteroatoms. The van der Waals surface area contributed by atoms with Crippen molar-refractivity contribution >= 4 is 0 Å². The van der Waals surface area contributed by atoms with E-state index in [2.05, 4.69) is 15.1 Å². The number of nitrogens with zero attached hydrogens (tertiary/aromatic N) is 3. The maximum absolute atomic E-state index is 6.11. The van der Waals surface area contributed by atoms with E-state index in [1.807, 2.05) is 33.0 Å². The predicted molar refractivity (Wildman–Crippen MR) is 92.7 cm³/mol. The molecular formula is C19H25N3O3. The lowest BCUT2D eigenvalue weighted by Crippen LogP contribution is -2.17. The minimum absolute atomic E-state index is 0.182. The molecular weight excluding hydrogens is 318 g/mol. The minimum atomic E-state index is -0.182. The molecule has 25 heavy (non-hydrogen) atoms. The molecule has 2 aromatic rings. The fourth-order valence-electron chi connectivity index (χ4n) is 2.99. The monoisotopic (exact) mass is 343 g/mol. The number of ether oxygens (including phenoxy) is 2. The SMILES string of the molecule is CC(C)(C)c1nc(-c2cc(OCC3CCCO3)c(C3CC3)cn2)no1. The molecule has 3 heterocycles. The van der Waals surface area contributed by atoms with E-state index in [0.717, 1.165) is 25.2 Å². The molecule has 134 valence electrons. The van der Waals surface area contributed by atoms with Crippen LogP contribution in [0.15, 0.2) is 16.8 Å². The molecule has 1 aliphatic heterocycles. The van der Waals surface area contributed by atoms with Crippen molar-refractivity contribution in [3.05, 3.63) is 23.7 Å². The summed E-state index contributed by atoms with van der Waals surface area (Å²) >= 11 is 0. The Kier molecular flexibility index (Phi) is 4.23. The van der Waals surface area contributed by atoms with E-state index in [0.29, 0.717) is 29.9 Å². The molecule has 1 saturated heterocycles. The van der Waals surface area contributed by atoms with Crippen LogP contribution in [0.3, 0.4) is 0 Å². The van der Waals surface area contributed by atoms with Gasteiger partial charge < -0.3 is 14.0 Å². The van der Waals surface area contributed by atoms with Crippen molar-refractivity contribution in [1.82, 2.24) is 15.1 Å². The molecule has 2 aromatic heterocycles. The number of aromatic nitrogens is 3. The van der Waals surface area contributed by atoms with Gasteiger partial charge in [-0.25, -0.2) is 0 Å². The summed E-state index contributed by atoms with van der Waals surface area (Å²) in [4.78, 5) is 9.05. The molecule has 2 fully saturated rings. The van der Waals surface area contributed by atoms with Gasteiger partial charge in [-0.3, -0.25) is 4.98 Å². The summed E-state index contributed by atoms with van der Waals surface area (Å²) in [5, 5.41) is 4.09. The first-order valence-electron chi connectivity index (χ1n) is 9.09. The van der Waals surface area contributed by atoms with Gasteiger partial charge in [0.15, 0.2) is 0 Å². The summed E-state index contributed by atoms with van der Waals surface area (Å²) in [6.07, 6.45) is 6.69. The van der Waals surface area contributed by atoms with Gasteiger partial charge in [0.25, 0.3) is 0 Å². The molecule has 0 spiro atoms. The van der Waals surface area contributed by atoms with Crippen LogP contribution in [0, 0.1) is 0 Å². The number of hydrogen-bond acceptors (Lipinski definition) is 6. The summed E-state index contributed by atoms with van der Waals surface area (Å²) in [7, 11) is 0. The maximum Gasteiger partial charge on any atom is 0.232 e. The topological polar surface area (TPSA) is 70.3 Å². The Bertz CT molecular complexity index is 741. The fraction of sp³-hybridized carbons (Fsp3) is 0.632. The van der Waals surface area contributed by atoms with Gasteiger partial charge in [-0.15, -0.1) is 0 Å². The molecule has 1 saturated carbocycles. The molecule has 4 rings (SSSR count). The van der Waals surface area contributed by atoms with Gasteiger partial charge in [-0.1, -0.05) is 25.9 Å². The molecule has 1 unspecified atom stereocenters. The lowest BCUT2D eigenvalue weighted by Gasteiger charge is -2.15. The summed E-state index contributed by atoms with van der Waals surface area (Å²) in [6.45, 7) is 7.56. The molecule has 0 radical (unpaired) electrons. The van der Waals surface area contributed by atoms with Crippen LogP contribution >= 0.6 is 0 Å². The Labute approximate surface area is 147 Å². The second kappa shape index (κ2) is 6.41. The van der Waals surface area contributed by atoms with Crippen molar-refractivity contribution in [2.75, 3.05) is 13.2 Å². The van der Waals surface area contributed by atoms with E-state index in [1.165, 1.54) is 18.4 Å².